The van der Waals surface area contributed by atoms with Crippen LogP contribution in [0.2, 0.25) is 0 Å². The van der Waals surface area contributed by atoms with E-state index in [9.17, 15) is 0 Å². The van der Waals surface area contributed by atoms with Crippen LogP contribution in [0.5, 0.6) is 0 Å². The zero-order valence-electron chi connectivity index (χ0n) is 7.66. The number of nitrogens with zero attached hydrogens (tertiary/aromatic N) is 1. The summed E-state index contributed by atoms with van der Waals surface area (Å²) in [6.45, 7) is 14.5. The maximum absolute atomic E-state index is 5.52. The lowest BCUT2D eigenvalue weighted by molar-refractivity contribution is 1.41. The average Bonchev–Trinajstić information content (AvgIpc) is 2.13. The van der Waals surface area contributed by atoms with Crippen molar-refractivity contribution in [2.24, 2.45) is 10.7 Å². The fourth-order valence-corrected chi connectivity index (χ4v) is 0.578. The number of rotatable bonds is 5. The van der Waals surface area contributed by atoms with E-state index in [0.717, 1.165) is 0 Å². The number of hydrogen-bond donors (Lipinski definition) is 1. The Balaban J connectivity index is 4.44. The Kier molecular flexibility index (Phi) is 4.96. The van der Waals surface area contributed by atoms with Crippen molar-refractivity contribution in [2.45, 2.75) is 0 Å². The maximum atomic E-state index is 5.52. The minimum Gasteiger partial charge on any atom is -0.399 e. The Morgan fingerprint density at radius 1 is 1.15 bits per heavy atom. The summed E-state index contributed by atoms with van der Waals surface area (Å²) in [5, 5.41) is 0. The molecular formula is C11H14N2. The van der Waals surface area contributed by atoms with Gasteiger partial charge in [0.15, 0.2) is 0 Å². The van der Waals surface area contributed by atoms with Gasteiger partial charge in [-0.2, -0.15) is 0 Å². The molecule has 0 unspecified atom stereocenters. The van der Waals surface area contributed by atoms with E-state index in [1.807, 2.05) is 0 Å². The van der Waals surface area contributed by atoms with Gasteiger partial charge in [0.2, 0.25) is 0 Å². The Labute approximate surface area is 79.2 Å². The zero-order chi connectivity index (χ0) is 10.3. The van der Waals surface area contributed by atoms with Gasteiger partial charge in [-0.15, -0.1) is 0 Å². The van der Waals surface area contributed by atoms with Crippen LogP contribution in [-0.4, -0.2) is 6.21 Å². The van der Waals surface area contributed by atoms with E-state index < -0.39 is 0 Å². The molecule has 0 aromatic rings. The van der Waals surface area contributed by atoms with Crippen LogP contribution in [0, 0.1) is 0 Å². The van der Waals surface area contributed by atoms with Crippen molar-refractivity contribution in [1.29, 1.82) is 0 Å². The van der Waals surface area contributed by atoms with Crippen molar-refractivity contribution in [3.63, 3.8) is 0 Å². The van der Waals surface area contributed by atoms with Crippen LogP contribution in [-0.2, 0) is 0 Å². The molecule has 0 aliphatic heterocycles. The van der Waals surface area contributed by atoms with Gasteiger partial charge < -0.3 is 5.73 Å². The smallest absolute Gasteiger partial charge is 0.0339 e. The molecular weight excluding hydrogens is 160 g/mol. The molecule has 68 valence electrons. The minimum atomic E-state index is 0.554. The number of hydrogen-bond acceptors (Lipinski definition) is 2. The van der Waals surface area contributed by atoms with Gasteiger partial charge in [-0.1, -0.05) is 26.3 Å². The van der Waals surface area contributed by atoms with Crippen molar-refractivity contribution < 1.29 is 0 Å². The van der Waals surface area contributed by atoms with Crippen molar-refractivity contribution in [3.05, 3.63) is 61.5 Å². The maximum Gasteiger partial charge on any atom is 0.0339 e. The highest BCUT2D eigenvalue weighted by molar-refractivity contribution is 5.85. The summed E-state index contributed by atoms with van der Waals surface area (Å²) >= 11 is 0. The van der Waals surface area contributed by atoms with E-state index in [1.54, 1.807) is 18.4 Å². The highest BCUT2D eigenvalue weighted by atomic mass is 14.7. The minimum absolute atomic E-state index is 0.554. The van der Waals surface area contributed by atoms with E-state index >= 15 is 0 Å². The second kappa shape index (κ2) is 5.77. The largest absolute Gasteiger partial charge is 0.399 e. The highest BCUT2D eigenvalue weighted by Gasteiger charge is 1.92. The van der Waals surface area contributed by atoms with Crippen LogP contribution in [0.25, 0.3) is 0 Å². The molecule has 0 bridgehead atoms. The van der Waals surface area contributed by atoms with Crippen LogP contribution in [0.4, 0.5) is 0 Å². The lowest BCUT2D eigenvalue weighted by Gasteiger charge is -1.98. The first-order chi connectivity index (χ1) is 6.11. The molecule has 0 radical (unpaired) electrons. The van der Waals surface area contributed by atoms with Crippen molar-refractivity contribution in [3.8, 4) is 0 Å². The number of allylic oxidation sites excluding steroid dienone is 4. The van der Waals surface area contributed by atoms with Crippen LogP contribution in [0.1, 0.15) is 0 Å². The van der Waals surface area contributed by atoms with Gasteiger partial charge in [-0.05, 0) is 23.3 Å². The molecule has 0 amide bonds. The molecule has 0 atom stereocenters. The van der Waals surface area contributed by atoms with E-state index in [4.69, 9.17) is 5.73 Å². The summed E-state index contributed by atoms with van der Waals surface area (Å²) in [7, 11) is 0. The fraction of sp³-hybridized carbons (Fsp3) is 0. The SMILES string of the molecule is C=CN=CC(=C)C(=C)/C=C(/N)C=C. The lowest BCUT2D eigenvalue weighted by atomic mass is 10.1. The monoisotopic (exact) mass is 174 g/mol. The summed E-state index contributed by atoms with van der Waals surface area (Å²) in [5.74, 6) is 0. The third-order valence-electron chi connectivity index (χ3n) is 1.32. The first-order valence-corrected chi connectivity index (χ1v) is 3.73. The second-order valence-electron chi connectivity index (χ2n) is 2.36. The predicted molar refractivity (Wildman–Crippen MR) is 59.4 cm³/mol. The molecule has 2 heteroatoms. The van der Waals surface area contributed by atoms with Gasteiger partial charge >= 0.3 is 0 Å². The quantitative estimate of drug-likeness (QED) is 0.504. The van der Waals surface area contributed by atoms with E-state index in [0.29, 0.717) is 16.8 Å². The van der Waals surface area contributed by atoms with Crippen molar-refractivity contribution in [2.75, 3.05) is 0 Å². The Morgan fingerprint density at radius 3 is 2.23 bits per heavy atom. The predicted octanol–water partition coefficient (Wildman–Crippen LogP) is 2.34. The molecule has 0 saturated carbocycles. The summed E-state index contributed by atoms with van der Waals surface area (Å²) in [6.07, 6.45) is 6.23. The number of nitrogens with two attached hydrogens (primary N) is 1. The molecule has 0 aromatic heterocycles. The average molecular weight is 174 g/mol. The van der Waals surface area contributed by atoms with Gasteiger partial charge in [0.25, 0.3) is 0 Å². The van der Waals surface area contributed by atoms with Gasteiger partial charge in [0, 0.05) is 18.1 Å². The van der Waals surface area contributed by atoms with E-state index in [2.05, 4.69) is 31.3 Å². The van der Waals surface area contributed by atoms with Crippen molar-refractivity contribution in [1.82, 2.24) is 0 Å². The van der Waals surface area contributed by atoms with Gasteiger partial charge in [0.1, 0.15) is 0 Å². The Hall–Kier alpha value is -1.83. The normalized spacial score (nSPS) is 11.2. The van der Waals surface area contributed by atoms with Crippen molar-refractivity contribution >= 4 is 6.21 Å². The first-order valence-electron chi connectivity index (χ1n) is 3.73. The van der Waals surface area contributed by atoms with Gasteiger partial charge in [-0.25, -0.2) is 0 Å². The first kappa shape index (κ1) is 11.2. The molecule has 13 heavy (non-hydrogen) atoms. The molecule has 0 spiro atoms. The zero-order valence-corrected chi connectivity index (χ0v) is 7.66. The summed E-state index contributed by atoms with van der Waals surface area (Å²) in [5.41, 5.74) is 7.48. The second-order valence-corrected chi connectivity index (χ2v) is 2.36. The fourth-order valence-electron chi connectivity index (χ4n) is 0.578. The molecule has 0 saturated heterocycles. The third-order valence-corrected chi connectivity index (χ3v) is 1.32. The molecule has 0 aromatic carbocycles. The number of aliphatic imine (C=N–C) groups is 1. The molecule has 0 fully saturated rings. The molecule has 0 aliphatic rings. The molecule has 0 aliphatic carbocycles. The summed E-state index contributed by atoms with van der Waals surface area (Å²) < 4.78 is 0. The van der Waals surface area contributed by atoms with Crippen LogP contribution in [0.3, 0.4) is 0 Å². The van der Waals surface area contributed by atoms with Crippen LogP contribution < -0.4 is 5.73 Å². The Bertz CT molecular complexity index is 293. The van der Waals surface area contributed by atoms with Gasteiger partial charge in [0.05, 0.1) is 0 Å². The van der Waals surface area contributed by atoms with Crippen LogP contribution in [0.15, 0.2) is 66.5 Å². The molecule has 0 rings (SSSR count). The molecule has 2 nitrogen and oxygen atoms in total. The molecule has 0 heterocycles. The van der Waals surface area contributed by atoms with Crippen LogP contribution >= 0.6 is 0 Å². The summed E-state index contributed by atoms with van der Waals surface area (Å²) in [4.78, 5) is 3.81. The molecule has 2 N–H and O–H groups in total. The standard InChI is InChI=1S/C11H14N2/c1-5-11(12)7-9(3)10(4)8-13-6-2/h5-8H,1-4,12H2/b11-7+,13-8?. The third kappa shape index (κ3) is 4.58. The topological polar surface area (TPSA) is 38.4 Å². The van der Waals surface area contributed by atoms with E-state index in [1.165, 1.54) is 6.20 Å². The summed E-state index contributed by atoms with van der Waals surface area (Å²) in [6, 6.07) is 0. The highest BCUT2D eigenvalue weighted by Crippen LogP contribution is 2.05. The van der Waals surface area contributed by atoms with E-state index in [-0.39, 0.29) is 0 Å². The van der Waals surface area contributed by atoms with Gasteiger partial charge in [-0.3, -0.25) is 4.99 Å². The Morgan fingerprint density at radius 2 is 1.77 bits per heavy atom. The lowest BCUT2D eigenvalue weighted by Crippen LogP contribution is -1.94.